The molecule has 0 aliphatic carbocycles. The number of nitrogens with one attached hydrogen (secondary N) is 1. The third-order valence-electron chi connectivity index (χ3n) is 3.99. The summed E-state index contributed by atoms with van der Waals surface area (Å²) >= 11 is 0. The molecule has 2 aromatic carbocycles. The summed E-state index contributed by atoms with van der Waals surface area (Å²) in [5, 5.41) is 2.73. The van der Waals surface area contributed by atoms with Gasteiger partial charge in [0.1, 0.15) is 12.4 Å². The SMILES string of the molecule is CCOCCOC(=O)c1ccc(NC(=O)COc2ccc(C(C)C)cc2)cc1. The topological polar surface area (TPSA) is 73.9 Å². The summed E-state index contributed by atoms with van der Waals surface area (Å²) in [6.45, 7) is 7.19. The van der Waals surface area contributed by atoms with Crippen molar-refractivity contribution in [2.24, 2.45) is 0 Å². The van der Waals surface area contributed by atoms with Crippen LogP contribution in [0.4, 0.5) is 5.69 Å². The Morgan fingerprint density at radius 3 is 2.25 bits per heavy atom. The minimum Gasteiger partial charge on any atom is -0.484 e. The summed E-state index contributed by atoms with van der Waals surface area (Å²) in [7, 11) is 0. The monoisotopic (exact) mass is 385 g/mol. The molecule has 0 saturated carbocycles. The van der Waals surface area contributed by atoms with Crippen LogP contribution < -0.4 is 10.1 Å². The van der Waals surface area contributed by atoms with Crippen molar-refractivity contribution >= 4 is 17.6 Å². The van der Waals surface area contributed by atoms with Crippen molar-refractivity contribution < 1.29 is 23.8 Å². The van der Waals surface area contributed by atoms with Gasteiger partial charge in [0.2, 0.25) is 0 Å². The van der Waals surface area contributed by atoms with Crippen molar-refractivity contribution in [1.29, 1.82) is 0 Å². The van der Waals surface area contributed by atoms with E-state index in [1.807, 2.05) is 31.2 Å². The number of carbonyl (C=O) groups is 2. The van der Waals surface area contributed by atoms with Crippen molar-refractivity contribution in [3.05, 3.63) is 59.7 Å². The molecule has 0 unspecified atom stereocenters. The molecule has 0 fully saturated rings. The molecule has 0 bridgehead atoms. The highest BCUT2D eigenvalue weighted by Crippen LogP contribution is 2.18. The van der Waals surface area contributed by atoms with E-state index in [4.69, 9.17) is 14.2 Å². The van der Waals surface area contributed by atoms with Gasteiger partial charge in [-0.25, -0.2) is 4.79 Å². The second-order valence-corrected chi connectivity index (χ2v) is 6.47. The number of carbonyl (C=O) groups excluding carboxylic acids is 2. The summed E-state index contributed by atoms with van der Waals surface area (Å²) in [6, 6.07) is 14.2. The number of benzene rings is 2. The predicted molar refractivity (Wildman–Crippen MR) is 108 cm³/mol. The van der Waals surface area contributed by atoms with Gasteiger partial charge in [0.05, 0.1) is 12.2 Å². The van der Waals surface area contributed by atoms with Crippen LogP contribution >= 0.6 is 0 Å². The van der Waals surface area contributed by atoms with E-state index in [1.54, 1.807) is 24.3 Å². The lowest BCUT2D eigenvalue weighted by atomic mass is 10.0. The molecule has 2 aromatic rings. The number of hydrogen-bond acceptors (Lipinski definition) is 5. The number of ether oxygens (including phenoxy) is 3. The molecule has 1 N–H and O–H groups in total. The van der Waals surface area contributed by atoms with Crippen LogP contribution in [-0.2, 0) is 14.3 Å². The summed E-state index contributed by atoms with van der Waals surface area (Å²) in [6.07, 6.45) is 0. The zero-order valence-electron chi connectivity index (χ0n) is 16.6. The highest BCUT2D eigenvalue weighted by Gasteiger charge is 2.09. The van der Waals surface area contributed by atoms with Crippen LogP contribution in [0.1, 0.15) is 42.6 Å². The number of rotatable bonds is 10. The third-order valence-corrected chi connectivity index (χ3v) is 3.99. The average Bonchev–Trinajstić information content (AvgIpc) is 2.70. The van der Waals surface area contributed by atoms with Gasteiger partial charge in [-0.1, -0.05) is 26.0 Å². The lowest BCUT2D eigenvalue weighted by Crippen LogP contribution is -2.20. The largest absolute Gasteiger partial charge is 0.484 e. The lowest BCUT2D eigenvalue weighted by Gasteiger charge is -2.10. The van der Waals surface area contributed by atoms with E-state index in [0.717, 1.165) is 0 Å². The molecule has 150 valence electrons. The Bertz CT molecular complexity index is 754. The first kappa shape index (κ1) is 21.4. The van der Waals surface area contributed by atoms with E-state index in [1.165, 1.54) is 5.56 Å². The number of esters is 1. The Hall–Kier alpha value is -2.86. The predicted octanol–water partition coefficient (Wildman–Crippen LogP) is 4.02. The Kier molecular flexibility index (Phi) is 8.49. The molecule has 0 radical (unpaired) electrons. The van der Waals surface area contributed by atoms with Gasteiger partial charge in [-0.2, -0.15) is 0 Å². The van der Waals surface area contributed by atoms with Gasteiger partial charge < -0.3 is 19.5 Å². The van der Waals surface area contributed by atoms with E-state index in [0.29, 0.717) is 36.1 Å². The zero-order valence-corrected chi connectivity index (χ0v) is 16.6. The van der Waals surface area contributed by atoms with Crippen LogP contribution in [0.3, 0.4) is 0 Å². The molecule has 28 heavy (non-hydrogen) atoms. The van der Waals surface area contributed by atoms with Gasteiger partial charge in [0, 0.05) is 12.3 Å². The minimum absolute atomic E-state index is 0.0950. The normalized spacial score (nSPS) is 10.6. The number of anilines is 1. The quantitative estimate of drug-likeness (QED) is 0.494. The van der Waals surface area contributed by atoms with Crippen LogP contribution in [0, 0.1) is 0 Å². The average molecular weight is 385 g/mol. The van der Waals surface area contributed by atoms with E-state index >= 15 is 0 Å². The molecule has 0 aliphatic rings. The van der Waals surface area contributed by atoms with Gasteiger partial charge in [-0.3, -0.25) is 4.79 Å². The number of hydrogen-bond donors (Lipinski definition) is 1. The van der Waals surface area contributed by atoms with E-state index in [-0.39, 0.29) is 19.1 Å². The van der Waals surface area contributed by atoms with Gasteiger partial charge in [-0.15, -0.1) is 0 Å². The fourth-order valence-corrected chi connectivity index (χ4v) is 2.41. The van der Waals surface area contributed by atoms with E-state index in [9.17, 15) is 9.59 Å². The van der Waals surface area contributed by atoms with E-state index < -0.39 is 5.97 Å². The Balaban J connectivity index is 1.78. The van der Waals surface area contributed by atoms with Crippen molar-refractivity contribution in [3.63, 3.8) is 0 Å². The minimum atomic E-state index is -0.425. The Morgan fingerprint density at radius 2 is 1.64 bits per heavy atom. The number of amides is 1. The van der Waals surface area contributed by atoms with Crippen molar-refractivity contribution in [2.75, 3.05) is 31.7 Å². The highest BCUT2D eigenvalue weighted by atomic mass is 16.6. The molecule has 0 aliphatic heterocycles. The summed E-state index contributed by atoms with van der Waals surface area (Å²) in [5.74, 6) is 0.387. The summed E-state index contributed by atoms with van der Waals surface area (Å²) in [4.78, 5) is 23.9. The molecular formula is C22H27NO5. The zero-order chi connectivity index (χ0) is 20.4. The van der Waals surface area contributed by atoms with Crippen LogP contribution in [0.2, 0.25) is 0 Å². The van der Waals surface area contributed by atoms with Gasteiger partial charge in [0.25, 0.3) is 5.91 Å². The van der Waals surface area contributed by atoms with Crippen molar-refractivity contribution in [3.8, 4) is 5.75 Å². The van der Waals surface area contributed by atoms with Gasteiger partial charge >= 0.3 is 5.97 Å². The molecule has 2 rings (SSSR count). The second-order valence-electron chi connectivity index (χ2n) is 6.47. The third kappa shape index (κ3) is 7.04. The molecule has 0 heterocycles. The Labute approximate surface area is 165 Å². The van der Waals surface area contributed by atoms with Crippen molar-refractivity contribution in [1.82, 2.24) is 0 Å². The fraction of sp³-hybridized carbons (Fsp3) is 0.364. The highest BCUT2D eigenvalue weighted by molar-refractivity contribution is 5.93. The second kappa shape index (κ2) is 11.1. The van der Waals surface area contributed by atoms with Crippen molar-refractivity contribution in [2.45, 2.75) is 26.7 Å². The fourth-order valence-electron chi connectivity index (χ4n) is 2.41. The van der Waals surface area contributed by atoms with Crippen LogP contribution in [-0.4, -0.2) is 38.3 Å². The maximum Gasteiger partial charge on any atom is 0.338 e. The summed E-state index contributed by atoms with van der Waals surface area (Å²) < 4.78 is 15.7. The van der Waals surface area contributed by atoms with Gasteiger partial charge in [-0.05, 0) is 54.8 Å². The maximum atomic E-state index is 12.0. The smallest absolute Gasteiger partial charge is 0.338 e. The Morgan fingerprint density at radius 1 is 0.964 bits per heavy atom. The lowest BCUT2D eigenvalue weighted by molar-refractivity contribution is -0.118. The van der Waals surface area contributed by atoms with Crippen LogP contribution in [0.25, 0.3) is 0 Å². The molecule has 0 saturated heterocycles. The first-order valence-corrected chi connectivity index (χ1v) is 9.37. The standard InChI is InChI=1S/C22H27NO5/c1-4-26-13-14-27-22(25)18-5-9-19(10-6-18)23-21(24)15-28-20-11-7-17(8-12-20)16(2)3/h5-12,16H,4,13-15H2,1-3H3,(H,23,24). The molecule has 0 atom stereocenters. The van der Waals surface area contributed by atoms with E-state index in [2.05, 4.69) is 19.2 Å². The molecule has 6 nitrogen and oxygen atoms in total. The molecule has 6 heteroatoms. The molecular weight excluding hydrogens is 358 g/mol. The van der Waals surface area contributed by atoms with Crippen LogP contribution in [0.5, 0.6) is 5.75 Å². The molecule has 0 aromatic heterocycles. The first-order chi connectivity index (χ1) is 13.5. The first-order valence-electron chi connectivity index (χ1n) is 9.37. The molecule has 1 amide bonds. The van der Waals surface area contributed by atoms with Gasteiger partial charge in [0.15, 0.2) is 6.61 Å². The maximum absolute atomic E-state index is 12.0. The molecule has 0 spiro atoms. The summed E-state index contributed by atoms with van der Waals surface area (Å²) in [5.41, 5.74) is 2.21. The van der Waals surface area contributed by atoms with Crippen LogP contribution in [0.15, 0.2) is 48.5 Å².